The van der Waals surface area contributed by atoms with Crippen LogP contribution in [0.5, 0.6) is 17.2 Å². The Morgan fingerprint density at radius 3 is 2.51 bits per heavy atom. The van der Waals surface area contributed by atoms with Crippen LogP contribution in [0.3, 0.4) is 0 Å². The summed E-state index contributed by atoms with van der Waals surface area (Å²) < 4.78 is 17.2. The number of amides is 1. The second-order valence-electron chi connectivity index (χ2n) is 9.38. The number of rotatable bonds is 7. The van der Waals surface area contributed by atoms with E-state index in [0.717, 1.165) is 17.1 Å². The third kappa shape index (κ3) is 5.54. The van der Waals surface area contributed by atoms with Crippen molar-refractivity contribution in [3.63, 3.8) is 0 Å². The van der Waals surface area contributed by atoms with Crippen LogP contribution < -0.4 is 19.5 Å². The number of hydrogen-bond donors (Lipinski definition) is 2. The molecule has 0 radical (unpaired) electrons. The summed E-state index contributed by atoms with van der Waals surface area (Å²) in [5.74, 6) is 1.17. The molecule has 1 unspecified atom stereocenters. The number of carbonyl (C=O) groups is 2. The monoisotopic (exact) mass is 502 g/mol. The van der Waals surface area contributed by atoms with E-state index in [2.05, 4.69) is 24.4 Å². The van der Waals surface area contributed by atoms with Gasteiger partial charge in [0.15, 0.2) is 11.5 Å². The van der Waals surface area contributed by atoms with Crippen LogP contribution in [-0.4, -0.2) is 54.9 Å². The smallest absolute Gasteiger partial charge is 0.415 e. The standard InChI is InChI=1S/C29H30N2O6/c1-19(24-8-5-9-26-27(24)36-15-14-35-26)30-16-22-17-31(18-25(22)20-6-3-2-4-7-20)29(34)37-23-12-10-21(11-13-23)28(32)33/h2-13,19,22,25,30H,14-18H2,1H3,(H,32,33)/t19?,22-,25+/m0/s1. The third-order valence-corrected chi connectivity index (χ3v) is 6.98. The molecule has 2 N–H and O–H groups in total. The number of benzene rings is 3. The highest BCUT2D eigenvalue weighted by Gasteiger charge is 2.37. The summed E-state index contributed by atoms with van der Waals surface area (Å²) in [5.41, 5.74) is 2.37. The van der Waals surface area contributed by atoms with Crippen molar-refractivity contribution in [2.75, 3.05) is 32.8 Å². The molecule has 1 amide bonds. The van der Waals surface area contributed by atoms with Crippen LogP contribution >= 0.6 is 0 Å². The highest BCUT2D eigenvalue weighted by molar-refractivity contribution is 5.87. The largest absolute Gasteiger partial charge is 0.486 e. The Hall–Kier alpha value is -4.04. The molecule has 1 fully saturated rings. The molecule has 1 saturated heterocycles. The molecule has 0 saturated carbocycles. The van der Waals surface area contributed by atoms with Crippen molar-refractivity contribution in [2.24, 2.45) is 5.92 Å². The van der Waals surface area contributed by atoms with E-state index < -0.39 is 12.1 Å². The lowest BCUT2D eigenvalue weighted by Crippen LogP contribution is -2.33. The predicted octanol–water partition coefficient (Wildman–Crippen LogP) is 4.72. The van der Waals surface area contributed by atoms with Crippen molar-refractivity contribution in [3.8, 4) is 17.2 Å². The van der Waals surface area contributed by atoms with Gasteiger partial charge in [0.25, 0.3) is 0 Å². The molecule has 37 heavy (non-hydrogen) atoms. The van der Waals surface area contributed by atoms with Crippen LogP contribution in [0.2, 0.25) is 0 Å². The van der Waals surface area contributed by atoms with Gasteiger partial charge >= 0.3 is 12.1 Å². The van der Waals surface area contributed by atoms with E-state index in [1.54, 1.807) is 4.90 Å². The van der Waals surface area contributed by atoms with Crippen molar-refractivity contribution in [2.45, 2.75) is 18.9 Å². The number of ether oxygens (including phenoxy) is 3. The van der Waals surface area contributed by atoms with Crippen molar-refractivity contribution >= 4 is 12.1 Å². The quantitative estimate of drug-likeness (QED) is 0.482. The Kier molecular flexibility index (Phi) is 7.28. The Bertz CT molecular complexity index is 1250. The molecule has 5 rings (SSSR count). The maximum atomic E-state index is 13.0. The van der Waals surface area contributed by atoms with Crippen molar-refractivity contribution in [1.82, 2.24) is 10.2 Å². The van der Waals surface area contributed by atoms with Crippen LogP contribution in [0.1, 0.15) is 40.4 Å². The fourth-order valence-corrected chi connectivity index (χ4v) is 5.01. The van der Waals surface area contributed by atoms with Crippen LogP contribution in [-0.2, 0) is 0 Å². The predicted molar refractivity (Wildman–Crippen MR) is 138 cm³/mol. The Labute approximate surface area is 215 Å². The van der Waals surface area contributed by atoms with Gasteiger partial charge in [0.2, 0.25) is 0 Å². The molecule has 192 valence electrons. The molecule has 2 aliphatic heterocycles. The zero-order valence-corrected chi connectivity index (χ0v) is 20.6. The average Bonchev–Trinajstić information content (AvgIpc) is 3.37. The fraction of sp³-hybridized carbons (Fsp3) is 0.310. The van der Waals surface area contributed by atoms with E-state index in [9.17, 15) is 9.59 Å². The van der Waals surface area contributed by atoms with Crippen LogP contribution in [0, 0.1) is 5.92 Å². The van der Waals surface area contributed by atoms with Gasteiger partial charge in [0.1, 0.15) is 19.0 Å². The van der Waals surface area contributed by atoms with Crippen molar-refractivity contribution in [1.29, 1.82) is 0 Å². The van der Waals surface area contributed by atoms with Crippen LogP contribution in [0.4, 0.5) is 4.79 Å². The van der Waals surface area contributed by atoms with Crippen molar-refractivity contribution in [3.05, 3.63) is 89.5 Å². The maximum absolute atomic E-state index is 13.0. The molecule has 0 bridgehead atoms. The number of hydrogen-bond acceptors (Lipinski definition) is 6. The van der Waals surface area contributed by atoms with Gasteiger partial charge in [-0.05, 0) is 48.7 Å². The van der Waals surface area contributed by atoms with E-state index in [0.29, 0.717) is 38.6 Å². The topological polar surface area (TPSA) is 97.3 Å². The molecule has 3 atom stereocenters. The molecule has 3 aromatic rings. The molecule has 8 heteroatoms. The van der Waals surface area contributed by atoms with Gasteiger partial charge in [-0.2, -0.15) is 0 Å². The highest BCUT2D eigenvalue weighted by atomic mass is 16.6. The summed E-state index contributed by atoms with van der Waals surface area (Å²) in [4.78, 5) is 25.8. The summed E-state index contributed by atoms with van der Waals surface area (Å²) >= 11 is 0. The minimum absolute atomic E-state index is 0.0295. The van der Waals surface area contributed by atoms with Gasteiger partial charge in [0.05, 0.1) is 5.56 Å². The second kappa shape index (κ2) is 10.9. The Morgan fingerprint density at radius 1 is 1.00 bits per heavy atom. The van der Waals surface area contributed by atoms with E-state index in [1.807, 2.05) is 36.4 Å². The van der Waals surface area contributed by atoms with Gasteiger partial charge in [-0.15, -0.1) is 0 Å². The zero-order chi connectivity index (χ0) is 25.8. The van der Waals surface area contributed by atoms with Crippen molar-refractivity contribution < 1.29 is 28.9 Å². The number of carbonyl (C=O) groups excluding carboxylic acids is 1. The van der Waals surface area contributed by atoms with E-state index >= 15 is 0 Å². The molecule has 8 nitrogen and oxygen atoms in total. The summed E-state index contributed by atoms with van der Waals surface area (Å²) in [6.07, 6.45) is -0.442. The molecule has 0 aromatic heterocycles. The van der Waals surface area contributed by atoms with Crippen LogP contribution in [0.15, 0.2) is 72.8 Å². The maximum Gasteiger partial charge on any atom is 0.415 e. The van der Waals surface area contributed by atoms with Gasteiger partial charge in [0, 0.05) is 37.2 Å². The minimum Gasteiger partial charge on any atom is -0.486 e. The molecule has 2 aliphatic rings. The molecule has 3 aromatic carbocycles. The Morgan fingerprint density at radius 2 is 1.76 bits per heavy atom. The zero-order valence-electron chi connectivity index (χ0n) is 20.6. The first-order valence-corrected chi connectivity index (χ1v) is 12.5. The number of aromatic carboxylic acids is 1. The highest BCUT2D eigenvalue weighted by Crippen LogP contribution is 2.38. The summed E-state index contributed by atoms with van der Waals surface area (Å²) in [6, 6.07) is 22.0. The third-order valence-electron chi connectivity index (χ3n) is 6.98. The van der Waals surface area contributed by atoms with Crippen LogP contribution in [0.25, 0.3) is 0 Å². The number of nitrogens with one attached hydrogen (secondary N) is 1. The minimum atomic E-state index is -1.03. The molecule has 0 aliphatic carbocycles. The van der Waals surface area contributed by atoms with E-state index in [-0.39, 0.29) is 23.4 Å². The number of carboxylic acid groups (broad SMARTS) is 1. The first kappa shape index (κ1) is 24.6. The first-order valence-electron chi connectivity index (χ1n) is 12.5. The number of nitrogens with zero attached hydrogens (tertiary/aromatic N) is 1. The van der Waals surface area contributed by atoms with Gasteiger partial charge < -0.3 is 29.5 Å². The summed E-state index contributed by atoms with van der Waals surface area (Å²) in [7, 11) is 0. The lowest BCUT2D eigenvalue weighted by Gasteiger charge is -2.26. The number of likely N-dealkylation sites (tertiary alicyclic amines) is 1. The molecular formula is C29H30N2O6. The average molecular weight is 503 g/mol. The lowest BCUT2D eigenvalue weighted by atomic mass is 9.88. The fourth-order valence-electron chi connectivity index (χ4n) is 5.01. The molecular weight excluding hydrogens is 472 g/mol. The SMILES string of the molecule is CC(NC[C@H]1CN(C(=O)Oc2ccc(C(=O)O)cc2)C[C@@H]1c1ccccc1)c1cccc2c1OCCO2. The molecule has 2 heterocycles. The normalized spacial score (nSPS) is 19.3. The molecule has 0 spiro atoms. The number of carboxylic acids is 1. The Balaban J connectivity index is 1.28. The second-order valence-corrected chi connectivity index (χ2v) is 9.38. The number of para-hydroxylation sites is 1. The van der Waals surface area contributed by atoms with Gasteiger partial charge in [-0.25, -0.2) is 9.59 Å². The first-order chi connectivity index (χ1) is 18.0. The number of fused-ring (bicyclic) bond motifs is 1. The van der Waals surface area contributed by atoms with Gasteiger partial charge in [-0.1, -0.05) is 42.5 Å². The summed E-state index contributed by atoms with van der Waals surface area (Å²) in [5, 5.41) is 12.7. The van der Waals surface area contributed by atoms with E-state index in [4.69, 9.17) is 19.3 Å². The lowest BCUT2D eigenvalue weighted by molar-refractivity contribution is 0.0697. The van der Waals surface area contributed by atoms with Gasteiger partial charge in [-0.3, -0.25) is 0 Å². The summed E-state index contributed by atoms with van der Waals surface area (Å²) in [6.45, 7) is 4.96. The van der Waals surface area contributed by atoms with E-state index in [1.165, 1.54) is 29.8 Å².